The first-order valence-corrected chi connectivity index (χ1v) is 6.64. The number of anilines is 1. The number of benzene rings is 1. The average Bonchev–Trinajstić information content (AvgIpc) is 2.51. The lowest BCUT2D eigenvalue weighted by Gasteiger charge is -2.36. The highest BCUT2D eigenvalue weighted by Crippen LogP contribution is 2.21. The van der Waals surface area contributed by atoms with Crippen LogP contribution < -0.4 is 15.0 Å². The van der Waals surface area contributed by atoms with Crippen LogP contribution in [0.4, 0.5) is 10.2 Å². The minimum Gasteiger partial charge on any atom is -0.466 e. The normalized spacial score (nSPS) is 18.9. The molecule has 4 nitrogen and oxygen atoms in total. The molecule has 0 radical (unpaired) electrons. The molecule has 1 fully saturated rings. The molecule has 2 aromatic rings. The molecule has 0 aliphatic carbocycles. The van der Waals surface area contributed by atoms with Crippen LogP contribution in [0, 0.1) is 5.82 Å². The van der Waals surface area contributed by atoms with Crippen LogP contribution in [0.2, 0.25) is 0 Å². The van der Waals surface area contributed by atoms with Crippen LogP contribution in [0.3, 0.4) is 0 Å². The fraction of sp³-hybridized carbons (Fsp3) is 0.267. The predicted molar refractivity (Wildman–Crippen MR) is 75.3 cm³/mol. The molecule has 0 amide bonds. The summed E-state index contributed by atoms with van der Waals surface area (Å²) in [6.07, 6.45) is 1.48. The van der Waals surface area contributed by atoms with Gasteiger partial charge in [-0.1, -0.05) is 18.2 Å². The van der Waals surface area contributed by atoms with E-state index in [0.717, 1.165) is 18.9 Å². The quantitative estimate of drug-likeness (QED) is 0.928. The molecule has 104 valence electrons. The number of para-hydroxylation sites is 1. The minimum atomic E-state index is -0.348. The van der Waals surface area contributed by atoms with Crippen molar-refractivity contribution in [3.8, 4) is 5.75 Å². The topological polar surface area (TPSA) is 37.4 Å². The Hall–Kier alpha value is -2.14. The molecule has 1 saturated heterocycles. The number of piperazine rings is 1. The predicted octanol–water partition coefficient (Wildman–Crippen LogP) is 2.04. The maximum Gasteiger partial charge on any atom is 0.186 e. The molecule has 0 spiro atoms. The summed E-state index contributed by atoms with van der Waals surface area (Å²) in [7, 11) is 0. The van der Waals surface area contributed by atoms with Gasteiger partial charge in [0.2, 0.25) is 0 Å². The van der Waals surface area contributed by atoms with Crippen molar-refractivity contribution >= 4 is 5.82 Å². The smallest absolute Gasteiger partial charge is 0.186 e. The molecule has 1 aromatic carbocycles. The van der Waals surface area contributed by atoms with Crippen molar-refractivity contribution in [1.29, 1.82) is 0 Å². The third kappa shape index (κ3) is 2.72. The van der Waals surface area contributed by atoms with E-state index in [1.807, 2.05) is 23.1 Å². The number of nitrogens with zero attached hydrogens (tertiary/aromatic N) is 2. The van der Waals surface area contributed by atoms with Crippen LogP contribution in [0.5, 0.6) is 5.75 Å². The van der Waals surface area contributed by atoms with Crippen molar-refractivity contribution in [1.82, 2.24) is 10.3 Å². The van der Waals surface area contributed by atoms with Crippen LogP contribution in [0.25, 0.3) is 0 Å². The molecule has 1 aromatic heterocycles. The van der Waals surface area contributed by atoms with Crippen LogP contribution in [0.1, 0.15) is 0 Å². The van der Waals surface area contributed by atoms with Crippen molar-refractivity contribution in [3.63, 3.8) is 0 Å². The Balaban J connectivity index is 1.81. The maximum atomic E-state index is 13.7. The SMILES string of the molecule is Fc1ccccc1OC1CNCCN1c1ccccn1. The summed E-state index contributed by atoms with van der Waals surface area (Å²) in [5.41, 5.74) is 0. The number of ether oxygens (including phenoxy) is 1. The van der Waals surface area contributed by atoms with E-state index in [1.165, 1.54) is 6.07 Å². The highest BCUT2D eigenvalue weighted by Gasteiger charge is 2.25. The number of hydrogen-bond donors (Lipinski definition) is 1. The highest BCUT2D eigenvalue weighted by molar-refractivity contribution is 5.40. The molecular formula is C15H16FN3O. The van der Waals surface area contributed by atoms with E-state index in [9.17, 15) is 4.39 Å². The monoisotopic (exact) mass is 273 g/mol. The van der Waals surface area contributed by atoms with E-state index in [1.54, 1.807) is 24.4 Å². The molecule has 0 saturated carbocycles. The summed E-state index contributed by atoms with van der Waals surface area (Å²) in [6, 6.07) is 12.2. The molecule has 1 atom stereocenters. The molecule has 0 bridgehead atoms. The van der Waals surface area contributed by atoms with E-state index < -0.39 is 0 Å². The summed E-state index contributed by atoms with van der Waals surface area (Å²) in [6.45, 7) is 2.26. The van der Waals surface area contributed by atoms with Crippen LogP contribution in [0.15, 0.2) is 48.7 Å². The minimum absolute atomic E-state index is 0.266. The number of rotatable bonds is 3. The maximum absolute atomic E-state index is 13.7. The van der Waals surface area contributed by atoms with Crippen molar-refractivity contribution in [3.05, 3.63) is 54.5 Å². The van der Waals surface area contributed by atoms with Gasteiger partial charge in [-0.25, -0.2) is 9.37 Å². The van der Waals surface area contributed by atoms with Gasteiger partial charge in [-0.15, -0.1) is 0 Å². The second kappa shape index (κ2) is 5.88. The van der Waals surface area contributed by atoms with Gasteiger partial charge >= 0.3 is 0 Å². The van der Waals surface area contributed by atoms with Gasteiger partial charge < -0.3 is 15.0 Å². The molecule has 1 N–H and O–H groups in total. The van der Waals surface area contributed by atoms with Gasteiger partial charge in [0, 0.05) is 19.3 Å². The fourth-order valence-corrected chi connectivity index (χ4v) is 2.26. The van der Waals surface area contributed by atoms with Crippen molar-refractivity contribution in [2.45, 2.75) is 6.23 Å². The highest BCUT2D eigenvalue weighted by atomic mass is 19.1. The summed E-state index contributed by atoms with van der Waals surface area (Å²) in [5, 5.41) is 3.26. The number of aromatic nitrogens is 1. The first kappa shape index (κ1) is 12.9. The summed E-state index contributed by atoms with van der Waals surface area (Å²) >= 11 is 0. The zero-order valence-corrected chi connectivity index (χ0v) is 11.0. The molecule has 1 aliphatic heterocycles. The standard InChI is InChI=1S/C15H16FN3O/c16-12-5-1-2-6-13(12)20-15-11-17-9-10-19(15)14-7-3-4-8-18-14/h1-8,15,17H,9-11H2. The first-order chi connectivity index (χ1) is 9.84. The van der Waals surface area contributed by atoms with Gasteiger partial charge in [0.15, 0.2) is 17.8 Å². The van der Waals surface area contributed by atoms with Gasteiger partial charge in [-0.05, 0) is 24.3 Å². The third-order valence-corrected chi connectivity index (χ3v) is 3.24. The molecule has 2 heterocycles. The van der Waals surface area contributed by atoms with Crippen LogP contribution in [-0.4, -0.2) is 30.8 Å². The lowest BCUT2D eigenvalue weighted by Crippen LogP contribution is -2.54. The summed E-state index contributed by atoms with van der Waals surface area (Å²) in [5.74, 6) is 0.761. The van der Waals surface area contributed by atoms with E-state index in [-0.39, 0.29) is 17.8 Å². The number of nitrogens with one attached hydrogen (secondary N) is 1. The Morgan fingerprint density at radius 3 is 2.85 bits per heavy atom. The van der Waals surface area contributed by atoms with E-state index in [4.69, 9.17) is 4.74 Å². The Bertz CT molecular complexity index is 564. The Labute approximate surface area is 117 Å². The van der Waals surface area contributed by atoms with Crippen molar-refractivity contribution in [2.24, 2.45) is 0 Å². The van der Waals surface area contributed by atoms with Gasteiger partial charge in [-0.3, -0.25) is 0 Å². The first-order valence-electron chi connectivity index (χ1n) is 6.64. The number of hydrogen-bond acceptors (Lipinski definition) is 4. The zero-order chi connectivity index (χ0) is 13.8. The molecule has 20 heavy (non-hydrogen) atoms. The van der Waals surface area contributed by atoms with Crippen LogP contribution in [-0.2, 0) is 0 Å². The summed E-state index contributed by atoms with van der Waals surface area (Å²) in [4.78, 5) is 6.39. The molecule has 1 aliphatic rings. The van der Waals surface area contributed by atoms with Gasteiger partial charge in [0.25, 0.3) is 0 Å². The van der Waals surface area contributed by atoms with Crippen molar-refractivity contribution in [2.75, 3.05) is 24.5 Å². The molecule has 5 heteroatoms. The van der Waals surface area contributed by atoms with E-state index >= 15 is 0 Å². The lowest BCUT2D eigenvalue weighted by molar-refractivity contribution is 0.168. The molecular weight excluding hydrogens is 257 g/mol. The second-order valence-electron chi connectivity index (χ2n) is 4.59. The number of halogens is 1. The number of pyridine rings is 1. The van der Waals surface area contributed by atoms with E-state index in [2.05, 4.69) is 10.3 Å². The largest absolute Gasteiger partial charge is 0.466 e. The van der Waals surface area contributed by atoms with E-state index in [0.29, 0.717) is 6.54 Å². The summed E-state index contributed by atoms with van der Waals surface area (Å²) < 4.78 is 19.5. The van der Waals surface area contributed by atoms with Gasteiger partial charge in [0.1, 0.15) is 5.82 Å². The zero-order valence-electron chi connectivity index (χ0n) is 11.0. The molecule has 3 rings (SSSR count). The van der Waals surface area contributed by atoms with Crippen LogP contribution >= 0.6 is 0 Å². The van der Waals surface area contributed by atoms with Gasteiger partial charge in [0.05, 0.1) is 6.54 Å². The Morgan fingerprint density at radius 2 is 2.05 bits per heavy atom. The Kier molecular flexibility index (Phi) is 3.78. The third-order valence-electron chi connectivity index (χ3n) is 3.24. The fourth-order valence-electron chi connectivity index (χ4n) is 2.26. The average molecular weight is 273 g/mol. The van der Waals surface area contributed by atoms with Gasteiger partial charge in [-0.2, -0.15) is 0 Å². The second-order valence-corrected chi connectivity index (χ2v) is 4.59. The molecule has 1 unspecified atom stereocenters. The lowest BCUT2D eigenvalue weighted by atomic mass is 10.3. The Morgan fingerprint density at radius 1 is 1.20 bits per heavy atom. The van der Waals surface area contributed by atoms with Crippen molar-refractivity contribution < 1.29 is 9.13 Å².